The first-order chi connectivity index (χ1) is 12.8. The van der Waals surface area contributed by atoms with Crippen molar-refractivity contribution in [3.05, 3.63) is 53.9 Å². The second-order valence-corrected chi connectivity index (χ2v) is 7.81. The number of hydrogen-bond acceptors (Lipinski definition) is 4. The van der Waals surface area contributed by atoms with Gasteiger partial charge in [-0.3, -0.25) is 9.59 Å². The van der Waals surface area contributed by atoms with Crippen molar-refractivity contribution in [1.29, 1.82) is 0 Å². The van der Waals surface area contributed by atoms with Gasteiger partial charge in [0.1, 0.15) is 11.4 Å². The molecule has 2 heterocycles. The number of amides is 2. The number of rotatable bonds is 4. The molecule has 6 nitrogen and oxygen atoms in total. The molecule has 0 saturated carbocycles. The predicted octanol–water partition coefficient (Wildman–Crippen LogP) is 3.46. The van der Waals surface area contributed by atoms with E-state index in [1.54, 1.807) is 18.2 Å². The fraction of sp³-hybridized carbons (Fsp3) is 0.381. The monoisotopic (exact) mass is 366 g/mol. The second-order valence-electron chi connectivity index (χ2n) is 7.81. The van der Waals surface area contributed by atoms with E-state index < -0.39 is 0 Å². The number of carbonyl (C=O) groups excluding carboxylic acids is 2. The minimum Gasteiger partial charge on any atom is -0.372 e. The summed E-state index contributed by atoms with van der Waals surface area (Å²) in [6, 6.07) is 12.7. The molecule has 0 spiro atoms. The first-order valence-corrected chi connectivity index (χ1v) is 9.28. The smallest absolute Gasteiger partial charge is 0.274 e. The summed E-state index contributed by atoms with van der Waals surface area (Å²) in [4.78, 5) is 31.3. The fourth-order valence-corrected chi connectivity index (χ4v) is 3.02. The van der Waals surface area contributed by atoms with Crippen LogP contribution in [0.2, 0.25) is 0 Å². The lowest BCUT2D eigenvalue weighted by Gasteiger charge is -2.20. The molecule has 1 aliphatic rings. The number of hydrogen-bond donors (Lipinski definition) is 2. The normalized spacial score (nSPS) is 14.1. The Hall–Kier alpha value is -2.89. The molecule has 1 aromatic heterocycles. The van der Waals surface area contributed by atoms with Gasteiger partial charge in [-0.25, -0.2) is 4.98 Å². The van der Waals surface area contributed by atoms with Crippen LogP contribution in [0.15, 0.2) is 42.5 Å². The molecule has 6 heteroatoms. The van der Waals surface area contributed by atoms with Gasteiger partial charge in [0.15, 0.2) is 0 Å². The molecular weight excluding hydrogens is 340 g/mol. The highest BCUT2D eigenvalue weighted by Crippen LogP contribution is 2.22. The Balaban J connectivity index is 1.67. The molecule has 1 aliphatic heterocycles. The number of carbonyl (C=O) groups is 2. The lowest BCUT2D eigenvalue weighted by Crippen LogP contribution is -2.41. The van der Waals surface area contributed by atoms with Crippen LogP contribution in [0.3, 0.4) is 0 Å². The molecule has 2 N–H and O–H groups in total. The van der Waals surface area contributed by atoms with Crippen LogP contribution in [-0.2, 0) is 0 Å². The molecule has 2 aromatic rings. The zero-order valence-electron chi connectivity index (χ0n) is 16.1. The predicted molar refractivity (Wildman–Crippen MR) is 107 cm³/mol. The van der Waals surface area contributed by atoms with Gasteiger partial charge in [0.25, 0.3) is 11.8 Å². The number of benzene rings is 1. The summed E-state index contributed by atoms with van der Waals surface area (Å²) in [7, 11) is 0. The van der Waals surface area contributed by atoms with Crippen LogP contribution in [0.25, 0.3) is 0 Å². The van der Waals surface area contributed by atoms with Gasteiger partial charge in [0, 0.05) is 30.0 Å². The summed E-state index contributed by atoms with van der Waals surface area (Å²) in [5, 5.41) is 5.69. The molecule has 1 aromatic carbocycles. The quantitative estimate of drug-likeness (QED) is 0.869. The molecule has 0 aliphatic carbocycles. The van der Waals surface area contributed by atoms with Gasteiger partial charge >= 0.3 is 0 Å². The molecule has 27 heavy (non-hydrogen) atoms. The minimum absolute atomic E-state index is 0.208. The molecule has 0 radical (unpaired) electrons. The lowest BCUT2D eigenvalue weighted by molar-refractivity contribution is 0.0914. The van der Waals surface area contributed by atoms with E-state index in [2.05, 4.69) is 20.5 Å². The highest BCUT2D eigenvalue weighted by atomic mass is 16.2. The van der Waals surface area contributed by atoms with Crippen LogP contribution in [0.1, 0.15) is 54.6 Å². The Morgan fingerprint density at radius 3 is 2.11 bits per heavy atom. The number of aromatic nitrogens is 1. The van der Waals surface area contributed by atoms with E-state index in [0.717, 1.165) is 13.1 Å². The summed E-state index contributed by atoms with van der Waals surface area (Å²) in [6.45, 7) is 7.85. The van der Waals surface area contributed by atoms with Gasteiger partial charge in [-0.05, 0) is 70.0 Å². The first-order valence-electron chi connectivity index (χ1n) is 9.28. The summed E-state index contributed by atoms with van der Waals surface area (Å²) in [6.07, 6.45) is 2.45. The van der Waals surface area contributed by atoms with Gasteiger partial charge in [-0.15, -0.1) is 0 Å². The molecule has 2 amide bonds. The van der Waals surface area contributed by atoms with Crippen LogP contribution in [-0.4, -0.2) is 35.4 Å². The van der Waals surface area contributed by atoms with E-state index in [4.69, 9.17) is 0 Å². The fourth-order valence-electron chi connectivity index (χ4n) is 3.02. The Morgan fingerprint density at radius 1 is 0.926 bits per heavy atom. The number of nitrogens with one attached hydrogen (secondary N) is 2. The van der Waals surface area contributed by atoms with Crippen molar-refractivity contribution in [2.24, 2.45) is 0 Å². The van der Waals surface area contributed by atoms with E-state index in [1.165, 1.54) is 18.5 Å². The van der Waals surface area contributed by atoms with E-state index in [1.807, 2.05) is 45.0 Å². The SMILES string of the molecule is CC(C)(C)NC(=O)c1cccc(C(=O)Nc2ccc(N3CCCC3)cc2)n1. The molecule has 3 rings (SSSR count). The third-order valence-electron chi connectivity index (χ3n) is 4.30. The maximum Gasteiger partial charge on any atom is 0.274 e. The Morgan fingerprint density at radius 2 is 1.52 bits per heavy atom. The van der Waals surface area contributed by atoms with E-state index in [0.29, 0.717) is 5.69 Å². The summed E-state index contributed by atoms with van der Waals surface area (Å²) >= 11 is 0. The Kier molecular flexibility index (Phi) is 5.44. The van der Waals surface area contributed by atoms with Crippen LogP contribution in [0.4, 0.5) is 11.4 Å². The van der Waals surface area contributed by atoms with Crippen molar-refractivity contribution in [1.82, 2.24) is 10.3 Å². The molecule has 0 unspecified atom stereocenters. The number of pyridine rings is 1. The second kappa shape index (κ2) is 7.78. The van der Waals surface area contributed by atoms with Crippen molar-refractivity contribution in [2.75, 3.05) is 23.3 Å². The molecule has 142 valence electrons. The standard InChI is InChI=1S/C21H26N4O2/c1-21(2,3)24-20(27)18-8-6-7-17(23-18)19(26)22-15-9-11-16(12-10-15)25-13-4-5-14-25/h6-12H,4-5,13-14H2,1-3H3,(H,22,26)(H,24,27). The maximum absolute atomic E-state index is 12.5. The van der Waals surface area contributed by atoms with Crippen LogP contribution < -0.4 is 15.5 Å². The highest BCUT2D eigenvalue weighted by molar-refractivity contribution is 6.04. The summed E-state index contributed by atoms with van der Waals surface area (Å²) in [5.41, 5.74) is 1.94. The van der Waals surface area contributed by atoms with Crippen LogP contribution in [0, 0.1) is 0 Å². The minimum atomic E-state index is -0.367. The molecular formula is C21H26N4O2. The Labute approximate surface area is 160 Å². The van der Waals surface area contributed by atoms with Crippen molar-refractivity contribution in [3.63, 3.8) is 0 Å². The average Bonchev–Trinajstić information content (AvgIpc) is 3.16. The van der Waals surface area contributed by atoms with Crippen molar-refractivity contribution < 1.29 is 9.59 Å². The van der Waals surface area contributed by atoms with E-state index in [-0.39, 0.29) is 28.7 Å². The topological polar surface area (TPSA) is 74.3 Å². The average molecular weight is 366 g/mol. The zero-order chi connectivity index (χ0) is 19.4. The van der Waals surface area contributed by atoms with Gasteiger partial charge in [0.05, 0.1) is 0 Å². The van der Waals surface area contributed by atoms with E-state index >= 15 is 0 Å². The summed E-state index contributed by atoms with van der Waals surface area (Å²) < 4.78 is 0. The van der Waals surface area contributed by atoms with Crippen LogP contribution in [0.5, 0.6) is 0 Å². The van der Waals surface area contributed by atoms with Gasteiger partial charge < -0.3 is 15.5 Å². The van der Waals surface area contributed by atoms with Gasteiger partial charge in [-0.2, -0.15) is 0 Å². The summed E-state index contributed by atoms with van der Waals surface area (Å²) in [5.74, 6) is -0.638. The third-order valence-corrected chi connectivity index (χ3v) is 4.30. The van der Waals surface area contributed by atoms with Crippen molar-refractivity contribution in [2.45, 2.75) is 39.2 Å². The Bertz CT molecular complexity index is 819. The first kappa shape index (κ1) is 18.9. The van der Waals surface area contributed by atoms with Crippen LogP contribution >= 0.6 is 0 Å². The zero-order valence-corrected chi connectivity index (χ0v) is 16.1. The highest BCUT2D eigenvalue weighted by Gasteiger charge is 2.18. The number of nitrogens with zero attached hydrogens (tertiary/aromatic N) is 2. The van der Waals surface area contributed by atoms with E-state index in [9.17, 15) is 9.59 Å². The van der Waals surface area contributed by atoms with Crippen molar-refractivity contribution >= 4 is 23.2 Å². The maximum atomic E-state index is 12.5. The largest absolute Gasteiger partial charge is 0.372 e. The lowest BCUT2D eigenvalue weighted by atomic mass is 10.1. The molecule has 1 saturated heterocycles. The van der Waals surface area contributed by atoms with Gasteiger partial charge in [0.2, 0.25) is 0 Å². The van der Waals surface area contributed by atoms with Gasteiger partial charge in [-0.1, -0.05) is 6.07 Å². The molecule has 0 atom stereocenters. The molecule has 0 bridgehead atoms. The number of anilines is 2. The molecule has 1 fully saturated rings. The van der Waals surface area contributed by atoms with Crippen molar-refractivity contribution in [3.8, 4) is 0 Å². The third kappa shape index (κ3) is 5.06.